The van der Waals surface area contributed by atoms with Crippen LogP contribution in [-0.2, 0) is 9.53 Å². The molecule has 0 saturated carbocycles. The van der Waals surface area contributed by atoms with Gasteiger partial charge in [0.25, 0.3) is 0 Å². The molecule has 1 aliphatic heterocycles. The predicted octanol–water partition coefficient (Wildman–Crippen LogP) is 2.86. The molecule has 1 heterocycles. The minimum absolute atomic E-state index is 0.0568. The van der Waals surface area contributed by atoms with Crippen molar-refractivity contribution in [3.8, 4) is 0 Å². The first-order valence-corrected chi connectivity index (χ1v) is 6.57. The molecule has 2 rings (SSSR count). The number of methoxy groups -OCH3 is 1. The van der Waals surface area contributed by atoms with Crippen LogP contribution >= 0.6 is 23.2 Å². The van der Waals surface area contributed by atoms with Gasteiger partial charge in [-0.3, -0.25) is 4.79 Å². The highest BCUT2D eigenvalue weighted by molar-refractivity contribution is 6.36. The summed E-state index contributed by atoms with van der Waals surface area (Å²) in [6.45, 7) is 2.60. The summed E-state index contributed by atoms with van der Waals surface area (Å²) in [5, 5.41) is 4.46. The van der Waals surface area contributed by atoms with Gasteiger partial charge in [0.05, 0.1) is 13.0 Å². The van der Waals surface area contributed by atoms with E-state index < -0.39 is 0 Å². The molecule has 0 amide bonds. The molecule has 3 nitrogen and oxygen atoms in total. The van der Waals surface area contributed by atoms with E-state index in [1.54, 1.807) is 18.2 Å². The van der Waals surface area contributed by atoms with Gasteiger partial charge in [-0.25, -0.2) is 0 Å². The number of hydrogen-bond acceptors (Lipinski definition) is 3. The van der Waals surface area contributed by atoms with Crippen molar-refractivity contribution in [1.29, 1.82) is 0 Å². The minimum atomic E-state index is -0.248. The molecule has 5 heteroatoms. The van der Waals surface area contributed by atoms with E-state index in [2.05, 4.69) is 5.32 Å². The third-order valence-corrected chi connectivity index (χ3v) is 4.13. The van der Waals surface area contributed by atoms with E-state index in [-0.39, 0.29) is 23.8 Å². The van der Waals surface area contributed by atoms with Gasteiger partial charge in [0, 0.05) is 28.5 Å². The molecule has 0 bridgehead atoms. The number of ether oxygens (including phenoxy) is 1. The van der Waals surface area contributed by atoms with E-state index >= 15 is 0 Å². The van der Waals surface area contributed by atoms with E-state index in [1.165, 1.54) is 7.11 Å². The van der Waals surface area contributed by atoms with Crippen LogP contribution in [0, 0.1) is 5.92 Å². The average molecular weight is 288 g/mol. The van der Waals surface area contributed by atoms with Crippen molar-refractivity contribution in [3.05, 3.63) is 33.8 Å². The predicted molar refractivity (Wildman–Crippen MR) is 72.2 cm³/mol. The van der Waals surface area contributed by atoms with Crippen molar-refractivity contribution in [1.82, 2.24) is 5.32 Å². The fourth-order valence-corrected chi connectivity index (χ4v) is 3.23. The van der Waals surface area contributed by atoms with E-state index in [0.29, 0.717) is 16.6 Å². The van der Waals surface area contributed by atoms with Gasteiger partial charge in [0.15, 0.2) is 0 Å². The molecule has 18 heavy (non-hydrogen) atoms. The molecule has 1 aromatic carbocycles. The molecule has 0 aromatic heterocycles. The molecule has 1 aliphatic rings. The maximum Gasteiger partial charge on any atom is 0.310 e. The molecule has 0 aliphatic carbocycles. The summed E-state index contributed by atoms with van der Waals surface area (Å²) < 4.78 is 4.85. The largest absolute Gasteiger partial charge is 0.469 e. The van der Waals surface area contributed by atoms with Gasteiger partial charge < -0.3 is 10.1 Å². The van der Waals surface area contributed by atoms with Crippen LogP contribution in [0.4, 0.5) is 0 Å². The maximum absolute atomic E-state index is 11.8. The normalized spacial score (nSPS) is 27.2. The Morgan fingerprint density at radius 1 is 1.39 bits per heavy atom. The topological polar surface area (TPSA) is 38.3 Å². The zero-order valence-electron chi connectivity index (χ0n) is 10.2. The zero-order chi connectivity index (χ0) is 13.3. The van der Waals surface area contributed by atoms with Crippen molar-refractivity contribution in [2.24, 2.45) is 5.92 Å². The number of hydrogen-bond donors (Lipinski definition) is 1. The Kier molecular flexibility index (Phi) is 4.15. The van der Waals surface area contributed by atoms with Gasteiger partial charge in [-0.15, -0.1) is 0 Å². The summed E-state index contributed by atoms with van der Waals surface area (Å²) in [7, 11) is 1.40. The summed E-state index contributed by atoms with van der Waals surface area (Å²) >= 11 is 12.4. The lowest BCUT2D eigenvalue weighted by Crippen LogP contribution is -2.25. The van der Waals surface area contributed by atoms with Crippen LogP contribution in [-0.4, -0.2) is 25.7 Å². The molecule has 0 spiro atoms. The number of rotatable bonds is 2. The first-order chi connectivity index (χ1) is 8.56. The first kappa shape index (κ1) is 13.7. The smallest absolute Gasteiger partial charge is 0.310 e. The number of carbonyl (C=O) groups excluding carboxylic acids is 1. The first-order valence-electron chi connectivity index (χ1n) is 5.81. The van der Waals surface area contributed by atoms with Crippen LogP contribution in [0.3, 0.4) is 0 Å². The zero-order valence-corrected chi connectivity index (χ0v) is 11.8. The highest BCUT2D eigenvalue weighted by Crippen LogP contribution is 2.40. The third-order valence-electron chi connectivity index (χ3n) is 3.47. The number of benzene rings is 1. The van der Waals surface area contributed by atoms with Crippen LogP contribution in [0.2, 0.25) is 10.0 Å². The van der Waals surface area contributed by atoms with Crippen LogP contribution in [0.1, 0.15) is 18.4 Å². The molecule has 98 valence electrons. The Morgan fingerprint density at radius 2 is 2.00 bits per heavy atom. The number of halogens is 2. The van der Waals surface area contributed by atoms with Crippen molar-refractivity contribution in [2.45, 2.75) is 18.9 Å². The van der Waals surface area contributed by atoms with Crippen LogP contribution in [0.15, 0.2) is 18.2 Å². The second-order valence-corrected chi connectivity index (χ2v) is 5.30. The molecule has 1 aromatic rings. The number of carbonyl (C=O) groups is 1. The Hall–Kier alpha value is -0.770. The lowest BCUT2D eigenvalue weighted by molar-refractivity contribution is -0.145. The fraction of sp³-hybridized carbons (Fsp3) is 0.462. The second-order valence-electron chi connectivity index (χ2n) is 4.49. The third kappa shape index (κ3) is 2.35. The Morgan fingerprint density at radius 3 is 2.56 bits per heavy atom. The van der Waals surface area contributed by atoms with Crippen LogP contribution < -0.4 is 5.32 Å². The van der Waals surface area contributed by atoms with Crippen molar-refractivity contribution >= 4 is 29.2 Å². The van der Waals surface area contributed by atoms with Crippen molar-refractivity contribution in [2.75, 3.05) is 13.7 Å². The molecule has 3 unspecified atom stereocenters. The monoisotopic (exact) mass is 287 g/mol. The summed E-state index contributed by atoms with van der Waals surface area (Å²) in [4.78, 5) is 11.8. The lowest BCUT2D eigenvalue weighted by atomic mass is 9.84. The lowest BCUT2D eigenvalue weighted by Gasteiger charge is -2.22. The van der Waals surface area contributed by atoms with Crippen molar-refractivity contribution < 1.29 is 9.53 Å². The molecular formula is C13H15Cl2NO2. The van der Waals surface area contributed by atoms with Gasteiger partial charge in [-0.1, -0.05) is 29.3 Å². The Balaban J connectivity index is 2.43. The molecule has 1 N–H and O–H groups in total. The second kappa shape index (κ2) is 5.47. The van der Waals surface area contributed by atoms with E-state index in [4.69, 9.17) is 27.9 Å². The number of esters is 1. The van der Waals surface area contributed by atoms with Crippen LogP contribution in [0.5, 0.6) is 0 Å². The molecule has 1 saturated heterocycles. The average Bonchev–Trinajstić information content (AvgIpc) is 2.71. The van der Waals surface area contributed by atoms with E-state index in [9.17, 15) is 4.79 Å². The van der Waals surface area contributed by atoms with Gasteiger partial charge in [0.1, 0.15) is 0 Å². The van der Waals surface area contributed by atoms with Gasteiger partial charge in [-0.05, 0) is 24.6 Å². The summed E-state index contributed by atoms with van der Waals surface area (Å²) in [6, 6.07) is 5.52. The SMILES string of the molecule is COC(=O)C1CNC(C)C1c1c(Cl)cccc1Cl. The fourth-order valence-electron chi connectivity index (χ4n) is 2.58. The van der Waals surface area contributed by atoms with Crippen LogP contribution in [0.25, 0.3) is 0 Å². The van der Waals surface area contributed by atoms with E-state index in [0.717, 1.165) is 5.56 Å². The van der Waals surface area contributed by atoms with E-state index in [1.807, 2.05) is 6.92 Å². The molecular weight excluding hydrogens is 273 g/mol. The summed E-state index contributed by atoms with van der Waals surface area (Å²) in [6.07, 6.45) is 0. The minimum Gasteiger partial charge on any atom is -0.469 e. The maximum atomic E-state index is 11.8. The standard InChI is InChI=1S/C13H15Cl2NO2/c1-7-11(8(6-16-7)13(17)18-2)12-9(14)4-3-5-10(12)15/h3-5,7-8,11,16H,6H2,1-2H3. The molecule has 0 radical (unpaired) electrons. The van der Waals surface area contributed by atoms with Gasteiger partial charge >= 0.3 is 5.97 Å². The summed E-state index contributed by atoms with van der Waals surface area (Å²) in [5.41, 5.74) is 0.828. The quantitative estimate of drug-likeness (QED) is 0.850. The van der Waals surface area contributed by atoms with Gasteiger partial charge in [-0.2, -0.15) is 0 Å². The number of nitrogens with one attached hydrogen (secondary N) is 1. The van der Waals surface area contributed by atoms with Gasteiger partial charge in [0.2, 0.25) is 0 Å². The highest BCUT2D eigenvalue weighted by Gasteiger charge is 2.41. The molecule has 1 fully saturated rings. The highest BCUT2D eigenvalue weighted by atomic mass is 35.5. The Labute approximate surface area is 116 Å². The summed E-state index contributed by atoms with van der Waals surface area (Å²) in [5.74, 6) is -0.533. The Bertz CT molecular complexity index is 444. The molecule has 3 atom stereocenters. The van der Waals surface area contributed by atoms with Crippen molar-refractivity contribution in [3.63, 3.8) is 0 Å².